The highest BCUT2D eigenvalue weighted by Crippen LogP contribution is 2.42. The average molecular weight is 236 g/mol. The Morgan fingerprint density at radius 3 is 2.88 bits per heavy atom. The molecule has 0 aromatic rings. The zero-order valence-electron chi connectivity index (χ0n) is 9.52. The zero-order chi connectivity index (χ0) is 12.6. The molecular formula is C12H12O5. The van der Waals surface area contributed by atoms with E-state index in [2.05, 4.69) is 0 Å². The molecular weight excluding hydrogens is 224 g/mol. The van der Waals surface area contributed by atoms with Crippen LogP contribution in [0.25, 0.3) is 0 Å². The molecule has 2 aliphatic rings. The molecule has 0 aromatic heterocycles. The quantitative estimate of drug-likeness (QED) is 0.733. The third-order valence-electron chi connectivity index (χ3n) is 2.91. The predicted octanol–water partition coefficient (Wildman–Crippen LogP) is 1.38. The Balaban J connectivity index is 2.55. The summed E-state index contributed by atoms with van der Waals surface area (Å²) in [6, 6.07) is 0. The minimum atomic E-state index is -1.23. The third-order valence-corrected chi connectivity index (χ3v) is 2.91. The molecule has 5 heteroatoms. The molecule has 1 N–H and O–H groups in total. The van der Waals surface area contributed by atoms with Crippen molar-refractivity contribution < 1.29 is 24.2 Å². The first kappa shape index (κ1) is 11.4. The van der Waals surface area contributed by atoms with E-state index in [4.69, 9.17) is 9.47 Å². The minimum Gasteiger partial charge on any atom is -0.497 e. The Bertz CT molecular complexity index is 483. The number of carbonyl (C=O) groups is 2. The predicted molar refractivity (Wildman–Crippen MR) is 57.7 cm³/mol. The van der Waals surface area contributed by atoms with E-state index < -0.39 is 17.4 Å². The van der Waals surface area contributed by atoms with Crippen molar-refractivity contribution in [3.63, 3.8) is 0 Å². The van der Waals surface area contributed by atoms with Crippen LogP contribution in [0.1, 0.15) is 13.3 Å². The molecule has 5 nitrogen and oxygen atoms in total. The fraction of sp³-hybridized carbons (Fsp3) is 0.333. The summed E-state index contributed by atoms with van der Waals surface area (Å²) in [5.41, 5.74) is -0.735. The molecule has 0 spiro atoms. The lowest BCUT2D eigenvalue weighted by Gasteiger charge is -2.31. The highest BCUT2D eigenvalue weighted by Gasteiger charge is 2.42. The molecule has 90 valence electrons. The van der Waals surface area contributed by atoms with Gasteiger partial charge in [0.2, 0.25) is 0 Å². The highest BCUT2D eigenvalue weighted by atomic mass is 16.5. The van der Waals surface area contributed by atoms with Crippen molar-refractivity contribution in [1.29, 1.82) is 0 Å². The molecule has 0 radical (unpaired) electrons. The molecule has 0 aromatic carbocycles. The van der Waals surface area contributed by atoms with Crippen molar-refractivity contribution >= 4 is 11.9 Å². The Morgan fingerprint density at radius 2 is 2.29 bits per heavy atom. The third kappa shape index (κ3) is 1.73. The minimum absolute atomic E-state index is 0.0890. The van der Waals surface area contributed by atoms with E-state index in [1.54, 1.807) is 13.0 Å². The van der Waals surface area contributed by atoms with Gasteiger partial charge < -0.3 is 14.6 Å². The number of methoxy groups -OCH3 is 1. The molecule has 1 unspecified atom stereocenters. The van der Waals surface area contributed by atoms with Crippen molar-refractivity contribution in [3.05, 3.63) is 35.3 Å². The maximum Gasteiger partial charge on any atom is 0.318 e. The molecule has 0 bridgehead atoms. The van der Waals surface area contributed by atoms with Gasteiger partial charge in [-0.15, -0.1) is 0 Å². The summed E-state index contributed by atoms with van der Waals surface area (Å²) in [7, 11) is 1.44. The van der Waals surface area contributed by atoms with Gasteiger partial charge in [-0.05, 0) is 13.0 Å². The molecule has 1 aliphatic carbocycles. The number of rotatable bonds is 2. The molecule has 1 heterocycles. The Labute approximate surface area is 98.0 Å². The van der Waals surface area contributed by atoms with Crippen LogP contribution in [0.2, 0.25) is 0 Å². The van der Waals surface area contributed by atoms with E-state index in [1.807, 2.05) is 0 Å². The lowest BCUT2D eigenvalue weighted by molar-refractivity contribution is -0.145. The van der Waals surface area contributed by atoms with Crippen LogP contribution in [-0.2, 0) is 19.1 Å². The van der Waals surface area contributed by atoms with Gasteiger partial charge in [0.25, 0.3) is 0 Å². The zero-order valence-corrected chi connectivity index (χ0v) is 9.52. The molecule has 0 saturated carbocycles. The van der Waals surface area contributed by atoms with Crippen molar-refractivity contribution in [3.8, 4) is 0 Å². The standard InChI is InChI=1S/C12H12O5/c1-12(11(14)15)6-7(16-2)5-9-8(12)3-4-10(13)17-9/h3,5-6H,4H2,1-2H3,(H,14,15). The number of ether oxygens (including phenoxy) is 2. The second-order valence-corrected chi connectivity index (χ2v) is 4.06. The highest BCUT2D eigenvalue weighted by molar-refractivity contribution is 5.86. The Kier molecular flexibility index (Phi) is 2.53. The van der Waals surface area contributed by atoms with Gasteiger partial charge in [-0.2, -0.15) is 0 Å². The molecule has 1 aliphatic heterocycles. The lowest BCUT2D eigenvalue weighted by atomic mass is 9.76. The maximum atomic E-state index is 11.4. The van der Waals surface area contributed by atoms with Crippen LogP contribution in [0.4, 0.5) is 0 Å². The summed E-state index contributed by atoms with van der Waals surface area (Å²) >= 11 is 0. The van der Waals surface area contributed by atoms with Crippen LogP contribution in [0.15, 0.2) is 35.3 Å². The summed E-state index contributed by atoms with van der Waals surface area (Å²) in [4.78, 5) is 22.5. The first-order chi connectivity index (χ1) is 7.97. The van der Waals surface area contributed by atoms with Gasteiger partial charge in [-0.25, -0.2) is 0 Å². The summed E-state index contributed by atoms with van der Waals surface area (Å²) in [6.45, 7) is 1.55. The molecule has 17 heavy (non-hydrogen) atoms. The summed E-state index contributed by atoms with van der Waals surface area (Å²) < 4.78 is 10.1. The van der Waals surface area contributed by atoms with Gasteiger partial charge in [0.15, 0.2) is 0 Å². The average Bonchev–Trinajstić information content (AvgIpc) is 2.27. The Morgan fingerprint density at radius 1 is 1.59 bits per heavy atom. The van der Waals surface area contributed by atoms with Gasteiger partial charge in [0.1, 0.15) is 16.9 Å². The first-order valence-corrected chi connectivity index (χ1v) is 5.11. The number of fused-ring (bicyclic) bond motifs is 1. The van der Waals surface area contributed by atoms with E-state index in [1.165, 1.54) is 19.3 Å². The number of esters is 1. The van der Waals surface area contributed by atoms with Gasteiger partial charge in [-0.3, -0.25) is 9.59 Å². The molecule has 1 atom stereocenters. The molecule has 0 amide bonds. The van der Waals surface area contributed by atoms with Crippen molar-refractivity contribution in [2.24, 2.45) is 5.41 Å². The fourth-order valence-electron chi connectivity index (χ4n) is 1.91. The van der Waals surface area contributed by atoms with E-state index in [-0.39, 0.29) is 12.2 Å². The van der Waals surface area contributed by atoms with E-state index >= 15 is 0 Å². The number of hydrogen-bond donors (Lipinski definition) is 1. The smallest absolute Gasteiger partial charge is 0.318 e. The molecule has 0 fully saturated rings. The van der Waals surface area contributed by atoms with E-state index in [9.17, 15) is 14.7 Å². The first-order valence-electron chi connectivity index (χ1n) is 5.11. The number of aliphatic carboxylic acids is 1. The lowest BCUT2D eigenvalue weighted by Crippen LogP contribution is -2.33. The van der Waals surface area contributed by atoms with Crippen molar-refractivity contribution in [2.45, 2.75) is 13.3 Å². The summed E-state index contributed by atoms with van der Waals surface area (Å²) in [6.07, 6.45) is 4.71. The normalized spacial score (nSPS) is 27.2. The number of carboxylic acids is 1. The van der Waals surface area contributed by atoms with Gasteiger partial charge in [0.05, 0.1) is 13.5 Å². The van der Waals surface area contributed by atoms with E-state index in [0.717, 1.165) is 0 Å². The maximum absolute atomic E-state index is 11.4. The van der Waals surface area contributed by atoms with Crippen molar-refractivity contribution in [1.82, 2.24) is 0 Å². The van der Waals surface area contributed by atoms with Crippen molar-refractivity contribution in [2.75, 3.05) is 7.11 Å². The number of allylic oxidation sites excluding steroid dienone is 2. The fourth-order valence-corrected chi connectivity index (χ4v) is 1.91. The SMILES string of the molecule is COC1=CC(C)(C(=O)O)C2=CCC(=O)OC2=C1. The van der Waals surface area contributed by atoms with Crippen LogP contribution in [0.3, 0.4) is 0 Å². The second-order valence-electron chi connectivity index (χ2n) is 4.06. The van der Waals surface area contributed by atoms with Gasteiger partial charge in [0, 0.05) is 11.6 Å². The Hall–Kier alpha value is -2.04. The number of hydrogen-bond acceptors (Lipinski definition) is 4. The molecule has 2 rings (SSSR count). The van der Waals surface area contributed by atoms with Crippen LogP contribution in [-0.4, -0.2) is 24.2 Å². The van der Waals surface area contributed by atoms with E-state index in [0.29, 0.717) is 11.3 Å². The summed E-state index contributed by atoms with van der Waals surface area (Å²) in [5.74, 6) is -0.783. The molecule has 0 saturated heterocycles. The monoisotopic (exact) mass is 236 g/mol. The van der Waals surface area contributed by atoms with Crippen LogP contribution >= 0.6 is 0 Å². The van der Waals surface area contributed by atoms with Gasteiger partial charge in [-0.1, -0.05) is 6.08 Å². The summed E-state index contributed by atoms with van der Waals surface area (Å²) in [5, 5.41) is 9.31. The second kappa shape index (κ2) is 3.76. The topological polar surface area (TPSA) is 72.8 Å². The number of carbonyl (C=O) groups excluding carboxylic acids is 1. The van der Waals surface area contributed by atoms with Crippen LogP contribution < -0.4 is 0 Å². The largest absolute Gasteiger partial charge is 0.497 e. The number of carboxylic acid groups (broad SMARTS) is 1. The van der Waals surface area contributed by atoms with Crippen LogP contribution in [0.5, 0.6) is 0 Å². The van der Waals surface area contributed by atoms with Crippen LogP contribution in [0, 0.1) is 5.41 Å². The van der Waals surface area contributed by atoms with Gasteiger partial charge >= 0.3 is 11.9 Å².